The van der Waals surface area contributed by atoms with Crippen molar-refractivity contribution in [2.45, 2.75) is 39.2 Å². The summed E-state index contributed by atoms with van der Waals surface area (Å²) in [4.78, 5) is 11.6. The lowest BCUT2D eigenvalue weighted by molar-refractivity contribution is -0.142. The molecule has 0 saturated heterocycles. The number of carbonyl (C=O) groups is 1. The Balaban J connectivity index is 1.85. The number of nitrogens with zero attached hydrogens (tertiary/aromatic N) is 1. The normalized spacial score (nSPS) is 13.4. The Labute approximate surface area is 159 Å². The minimum atomic E-state index is -0.365. The minimum Gasteiger partial charge on any atom is -0.479 e. The van der Waals surface area contributed by atoms with Gasteiger partial charge >= 0.3 is 5.97 Å². The second-order valence-electron chi connectivity index (χ2n) is 7.16. The summed E-state index contributed by atoms with van der Waals surface area (Å²) in [7, 11) is 1.38. The molecular formula is C23H25NO3. The van der Waals surface area contributed by atoms with Crippen LogP contribution in [0.5, 0.6) is 5.75 Å². The molecule has 4 heteroatoms. The molecule has 0 aliphatic heterocycles. The summed E-state index contributed by atoms with van der Waals surface area (Å²) < 4.78 is 13.0. The lowest BCUT2D eigenvalue weighted by Crippen LogP contribution is -2.13. The zero-order chi connectivity index (χ0) is 18.8. The van der Waals surface area contributed by atoms with Crippen molar-refractivity contribution in [3.63, 3.8) is 0 Å². The van der Waals surface area contributed by atoms with Gasteiger partial charge in [-0.15, -0.1) is 0 Å². The van der Waals surface area contributed by atoms with Crippen LogP contribution >= 0.6 is 0 Å². The van der Waals surface area contributed by atoms with Crippen molar-refractivity contribution >= 4 is 16.9 Å². The Kier molecular flexibility index (Phi) is 4.88. The highest BCUT2D eigenvalue weighted by Gasteiger charge is 2.22. The molecule has 1 aliphatic carbocycles. The van der Waals surface area contributed by atoms with Crippen molar-refractivity contribution in [1.29, 1.82) is 0 Å². The van der Waals surface area contributed by atoms with Crippen LogP contribution in [0, 0.1) is 6.92 Å². The van der Waals surface area contributed by atoms with E-state index in [1.807, 2.05) is 6.07 Å². The number of fused-ring (bicyclic) bond motifs is 3. The van der Waals surface area contributed by atoms with Gasteiger partial charge < -0.3 is 14.0 Å². The van der Waals surface area contributed by atoms with Gasteiger partial charge in [-0.1, -0.05) is 36.4 Å². The van der Waals surface area contributed by atoms with Gasteiger partial charge in [-0.25, -0.2) is 4.79 Å². The van der Waals surface area contributed by atoms with Gasteiger partial charge in [0.2, 0.25) is 0 Å². The maximum absolute atomic E-state index is 11.6. The molecule has 1 aromatic heterocycles. The average Bonchev–Trinajstić information content (AvgIpc) is 2.98. The summed E-state index contributed by atoms with van der Waals surface area (Å²) in [5, 5.41) is 1.09. The molecule has 0 unspecified atom stereocenters. The third kappa shape index (κ3) is 3.32. The van der Waals surface area contributed by atoms with Crippen LogP contribution in [0.25, 0.3) is 10.9 Å². The fourth-order valence-corrected chi connectivity index (χ4v) is 4.12. The van der Waals surface area contributed by atoms with Crippen molar-refractivity contribution < 1.29 is 14.3 Å². The predicted molar refractivity (Wildman–Crippen MR) is 106 cm³/mol. The Morgan fingerprint density at radius 2 is 1.85 bits per heavy atom. The van der Waals surface area contributed by atoms with Crippen LogP contribution in [-0.4, -0.2) is 24.3 Å². The molecule has 0 N–H and O–H groups in total. The summed E-state index contributed by atoms with van der Waals surface area (Å²) >= 11 is 0. The van der Waals surface area contributed by atoms with Gasteiger partial charge in [-0.3, -0.25) is 0 Å². The lowest BCUT2D eigenvalue weighted by Gasteiger charge is -2.19. The molecule has 0 atom stereocenters. The summed E-state index contributed by atoms with van der Waals surface area (Å²) in [6.07, 6.45) is 4.71. The molecule has 140 valence electrons. The molecule has 1 heterocycles. The van der Waals surface area contributed by atoms with E-state index >= 15 is 0 Å². The van der Waals surface area contributed by atoms with E-state index in [4.69, 9.17) is 9.47 Å². The van der Waals surface area contributed by atoms with Gasteiger partial charge in [0.25, 0.3) is 0 Å². The highest BCUT2D eigenvalue weighted by molar-refractivity contribution is 5.92. The van der Waals surface area contributed by atoms with Crippen molar-refractivity contribution in [1.82, 2.24) is 4.57 Å². The van der Waals surface area contributed by atoms with E-state index in [1.54, 1.807) is 0 Å². The zero-order valence-electron chi connectivity index (χ0n) is 16.0. The number of aryl methyl sites for hydroxylation is 2. The standard InChI is InChI=1S/C23H25NO3/c1-16-23(27-15-21(25)26-2)20-13-12-18-10-6-7-11-19(18)22(20)24(16)14-17-8-4-3-5-9-17/h3-5,8-9,12-13H,6-7,10-11,14-15H2,1-2H3. The van der Waals surface area contributed by atoms with E-state index in [2.05, 4.69) is 47.9 Å². The molecule has 0 saturated carbocycles. The summed E-state index contributed by atoms with van der Waals surface area (Å²) in [5.41, 5.74) is 6.45. The molecule has 0 radical (unpaired) electrons. The highest BCUT2D eigenvalue weighted by atomic mass is 16.6. The molecular weight excluding hydrogens is 338 g/mol. The third-order valence-electron chi connectivity index (χ3n) is 5.50. The number of aromatic nitrogens is 1. The van der Waals surface area contributed by atoms with Crippen LogP contribution < -0.4 is 4.74 Å². The highest BCUT2D eigenvalue weighted by Crippen LogP contribution is 2.38. The number of ether oxygens (including phenoxy) is 2. The first-order chi connectivity index (χ1) is 13.2. The first-order valence-corrected chi connectivity index (χ1v) is 9.56. The van der Waals surface area contributed by atoms with Crippen molar-refractivity contribution in [3.05, 3.63) is 64.8 Å². The van der Waals surface area contributed by atoms with Gasteiger partial charge in [0.05, 0.1) is 18.3 Å². The maximum atomic E-state index is 11.6. The molecule has 0 fully saturated rings. The van der Waals surface area contributed by atoms with E-state index in [9.17, 15) is 4.79 Å². The fraction of sp³-hybridized carbons (Fsp3) is 0.348. The second kappa shape index (κ2) is 7.47. The molecule has 0 spiro atoms. The smallest absolute Gasteiger partial charge is 0.343 e. The van der Waals surface area contributed by atoms with Crippen LogP contribution in [0.1, 0.15) is 35.2 Å². The molecule has 4 nitrogen and oxygen atoms in total. The number of rotatable bonds is 5. The number of hydrogen-bond acceptors (Lipinski definition) is 3. The molecule has 1 aliphatic rings. The lowest BCUT2D eigenvalue weighted by atomic mass is 9.90. The van der Waals surface area contributed by atoms with Gasteiger partial charge in [0.1, 0.15) is 5.75 Å². The Bertz CT molecular complexity index is 972. The first kappa shape index (κ1) is 17.7. The summed E-state index contributed by atoms with van der Waals surface area (Å²) in [5.74, 6) is 0.427. The number of carbonyl (C=O) groups excluding carboxylic acids is 1. The average molecular weight is 363 g/mol. The molecule has 2 aromatic carbocycles. The topological polar surface area (TPSA) is 40.5 Å². The molecule has 0 bridgehead atoms. The predicted octanol–water partition coefficient (Wildman–Crippen LogP) is 4.43. The fourth-order valence-electron chi connectivity index (χ4n) is 4.12. The van der Waals surface area contributed by atoms with Gasteiger partial charge in [-0.2, -0.15) is 0 Å². The number of methoxy groups -OCH3 is 1. The van der Waals surface area contributed by atoms with E-state index < -0.39 is 0 Å². The maximum Gasteiger partial charge on any atom is 0.343 e. The Hall–Kier alpha value is -2.75. The quantitative estimate of drug-likeness (QED) is 0.630. The van der Waals surface area contributed by atoms with Crippen LogP contribution in [0.3, 0.4) is 0 Å². The first-order valence-electron chi connectivity index (χ1n) is 9.56. The molecule has 0 amide bonds. The number of benzene rings is 2. The van der Waals surface area contributed by atoms with Crippen LogP contribution in [0.2, 0.25) is 0 Å². The zero-order valence-corrected chi connectivity index (χ0v) is 16.0. The molecule has 3 aromatic rings. The van der Waals surface area contributed by atoms with E-state index in [0.29, 0.717) is 0 Å². The minimum absolute atomic E-state index is 0.0706. The van der Waals surface area contributed by atoms with Crippen molar-refractivity contribution in [2.24, 2.45) is 0 Å². The van der Waals surface area contributed by atoms with E-state index in [0.717, 1.165) is 36.2 Å². The number of esters is 1. The second-order valence-corrected chi connectivity index (χ2v) is 7.16. The van der Waals surface area contributed by atoms with E-state index in [-0.39, 0.29) is 12.6 Å². The SMILES string of the molecule is COC(=O)COc1c(C)n(Cc2ccccc2)c2c3c(ccc12)CCCC3. The van der Waals surface area contributed by atoms with E-state index in [1.165, 1.54) is 42.2 Å². The van der Waals surface area contributed by atoms with Crippen LogP contribution in [0.15, 0.2) is 42.5 Å². The monoisotopic (exact) mass is 363 g/mol. The van der Waals surface area contributed by atoms with Crippen molar-refractivity contribution in [2.75, 3.05) is 13.7 Å². The largest absolute Gasteiger partial charge is 0.479 e. The summed E-state index contributed by atoms with van der Waals surface area (Å²) in [6, 6.07) is 14.9. The van der Waals surface area contributed by atoms with Crippen LogP contribution in [-0.2, 0) is 28.9 Å². The molecule has 4 rings (SSSR count). The van der Waals surface area contributed by atoms with Gasteiger partial charge in [0, 0.05) is 11.9 Å². The Morgan fingerprint density at radius 1 is 1.07 bits per heavy atom. The third-order valence-corrected chi connectivity index (χ3v) is 5.50. The molecule has 27 heavy (non-hydrogen) atoms. The van der Waals surface area contributed by atoms with Gasteiger partial charge in [-0.05, 0) is 55.4 Å². The van der Waals surface area contributed by atoms with Crippen molar-refractivity contribution in [3.8, 4) is 5.75 Å². The number of hydrogen-bond donors (Lipinski definition) is 0. The van der Waals surface area contributed by atoms with Gasteiger partial charge in [0.15, 0.2) is 6.61 Å². The van der Waals surface area contributed by atoms with Crippen LogP contribution in [0.4, 0.5) is 0 Å². The Morgan fingerprint density at radius 3 is 2.63 bits per heavy atom. The summed E-state index contributed by atoms with van der Waals surface area (Å²) in [6.45, 7) is 2.80.